The highest BCUT2D eigenvalue weighted by atomic mass is 16.4. The van der Waals surface area contributed by atoms with E-state index in [0.29, 0.717) is 5.35 Å². The largest absolute Gasteiger partial charge is 0.405 e. The summed E-state index contributed by atoms with van der Waals surface area (Å²) in [5, 5.41) is 0.432. The van der Waals surface area contributed by atoms with Gasteiger partial charge in [-0.2, -0.15) is 0 Å². The highest BCUT2D eigenvalue weighted by Crippen LogP contribution is 2.08. The molecule has 0 saturated heterocycles. The fraction of sp³-hybridized carbons (Fsp3) is 0.267. The third-order valence-corrected chi connectivity index (χ3v) is 2.82. The molecule has 1 aromatic carbocycles. The maximum atomic E-state index is 11.4. The number of hydrogen-bond acceptors (Lipinski definition) is 2. The maximum Gasteiger partial charge on any atom is 0.361 e. The number of hydrogen-bond donors (Lipinski definition) is 1. The number of aromatic amines is 1. The van der Waals surface area contributed by atoms with Crippen LogP contribution >= 0.6 is 0 Å². The fourth-order valence-electron chi connectivity index (χ4n) is 1.82. The summed E-state index contributed by atoms with van der Waals surface area (Å²) in [6, 6.07) is 8.20. The summed E-state index contributed by atoms with van der Waals surface area (Å²) in [4.78, 5) is 14.2. The number of aromatic nitrogens is 1. The summed E-state index contributed by atoms with van der Waals surface area (Å²) in [5.41, 5.74) is 2.20. The number of nitrogens with one attached hydrogen (secondary N) is 1. The Kier molecular flexibility index (Phi) is 3.82. The molecule has 0 aliphatic carbocycles. The van der Waals surface area contributed by atoms with Gasteiger partial charge in [-0.3, -0.25) is 0 Å². The third-order valence-electron chi connectivity index (χ3n) is 2.82. The van der Waals surface area contributed by atoms with Gasteiger partial charge in [-0.1, -0.05) is 37.6 Å². The van der Waals surface area contributed by atoms with Crippen LogP contribution in [-0.2, 0) is 6.42 Å². The van der Waals surface area contributed by atoms with Gasteiger partial charge in [0.1, 0.15) is 5.35 Å². The molecule has 0 bridgehead atoms. The van der Waals surface area contributed by atoms with Crippen molar-refractivity contribution in [2.45, 2.75) is 26.2 Å². The molecule has 1 heterocycles. The van der Waals surface area contributed by atoms with Crippen LogP contribution in [-0.4, -0.2) is 4.98 Å². The molecule has 1 aromatic heterocycles. The Balaban J connectivity index is 2.25. The van der Waals surface area contributed by atoms with Crippen molar-refractivity contribution in [1.82, 2.24) is 4.98 Å². The highest BCUT2D eigenvalue weighted by Gasteiger charge is 1.96. The predicted octanol–water partition coefficient (Wildman–Crippen LogP) is 1.55. The van der Waals surface area contributed by atoms with Crippen LogP contribution in [0.5, 0.6) is 0 Å². The van der Waals surface area contributed by atoms with Crippen molar-refractivity contribution >= 4 is 12.7 Å². The van der Waals surface area contributed by atoms with Crippen molar-refractivity contribution in [3.8, 4) is 0 Å². The van der Waals surface area contributed by atoms with Crippen molar-refractivity contribution < 1.29 is 4.42 Å². The Morgan fingerprint density at radius 1 is 1.33 bits per heavy atom. The van der Waals surface area contributed by atoms with Gasteiger partial charge in [0.15, 0.2) is 5.55 Å². The smallest absolute Gasteiger partial charge is 0.361 e. The zero-order valence-corrected chi connectivity index (χ0v) is 10.5. The minimum Gasteiger partial charge on any atom is -0.405 e. The average Bonchev–Trinajstić information content (AvgIpc) is 2.67. The minimum absolute atomic E-state index is 0.283. The van der Waals surface area contributed by atoms with Crippen molar-refractivity contribution in [2.75, 3.05) is 0 Å². The number of H-pyrrole nitrogens is 1. The van der Waals surface area contributed by atoms with Crippen LogP contribution in [0.4, 0.5) is 0 Å². The normalized spacial score (nSPS) is 11.9. The molecule has 3 heteroatoms. The molecular formula is C15H17NO2. The van der Waals surface area contributed by atoms with E-state index in [9.17, 15) is 4.79 Å². The first-order valence-corrected chi connectivity index (χ1v) is 6.18. The second-order valence-corrected chi connectivity index (χ2v) is 4.34. The van der Waals surface area contributed by atoms with E-state index in [2.05, 4.69) is 30.6 Å². The van der Waals surface area contributed by atoms with Gasteiger partial charge in [0.05, 0.1) is 0 Å². The molecule has 0 radical (unpaired) electrons. The zero-order valence-electron chi connectivity index (χ0n) is 10.5. The Morgan fingerprint density at radius 2 is 2.06 bits per heavy atom. The van der Waals surface area contributed by atoms with Gasteiger partial charge in [-0.15, -0.1) is 0 Å². The lowest BCUT2D eigenvalue weighted by molar-refractivity contribution is 0.488. The van der Waals surface area contributed by atoms with Crippen molar-refractivity contribution in [2.24, 2.45) is 0 Å². The first kappa shape index (κ1) is 12.4. The van der Waals surface area contributed by atoms with Crippen LogP contribution < -0.4 is 16.5 Å². The van der Waals surface area contributed by atoms with Crippen LogP contribution in [0.25, 0.3) is 12.7 Å². The van der Waals surface area contributed by atoms with E-state index in [0.717, 1.165) is 12.0 Å². The lowest BCUT2D eigenvalue weighted by atomic mass is 10.1. The number of benzene rings is 1. The summed E-state index contributed by atoms with van der Waals surface area (Å²) in [7, 11) is 0. The topological polar surface area (TPSA) is 46.0 Å². The number of oxazole rings is 1. The van der Waals surface area contributed by atoms with E-state index in [4.69, 9.17) is 4.42 Å². The Morgan fingerprint density at radius 3 is 2.61 bits per heavy atom. The van der Waals surface area contributed by atoms with Gasteiger partial charge in [0, 0.05) is 0 Å². The van der Waals surface area contributed by atoms with Gasteiger partial charge in [-0.05, 0) is 36.6 Å². The van der Waals surface area contributed by atoms with E-state index in [1.807, 2.05) is 12.1 Å². The lowest BCUT2D eigenvalue weighted by Crippen LogP contribution is -2.20. The minimum atomic E-state index is -0.380. The summed E-state index contributed by atoms with van der Waals surface area (Å²) in [5.74, 6) is 0. The number of unbranched alkanes of at least 4 members (excludes halogenated alkanes) is 1. The Bertz CT molecular complexity index is 662. The van der Waals surface area contributed by atoms with Gasteiger partial charge >= 0.3 is 5.63 Å². The summed E-state index contributed by atoms with van der Waals surface area (Å²) in [6.07, 6.45) is 5.27. The molecule has 18 heavy (non-hydrogen) atoms. The molecule has 1 N–H and O–H groups in total. The molecule has 2 rings (SSSR count). The molecule has 0 aliphatic rings. The lowest BCUT2D eigenvalue weighted by Gasteiger charge is -1.99. The fourth-order valence-corrected chi connectivity index (χ4v) is 1.82. The van der Waals surface area contributed by atoms with E-state index < -0.39 is 0 Å². The van der Waals surface area contributed by atoms with E-state index in [1.165, 1.54) is 18.4 Å². The molecule has 94 valence electrons. The molecule has 2 aromatic rings. The molecule has 0 aliphatic heterocycles. The summed E-state index contributed by atoms with van der Waals surface area (Å²) >= 11 is 0. The van der Waals surface area contributed by atoms with Crippen molar-refractivity contribution in [1.29, 1.82) is 0 Å². The van der Waals surface area contributed by atoms with E-state index in [-0.39, 0.29) is 11.2 Å². The molecule has 3 nitrogen and oxygen atoms in total. The van der Waals surface area contributed by atoms with Crippen LogP contribution in [0.1, 0.15) is 30.9 Å². The highest BCUT2D eigenvalue weighted by molar-refractivity contribution is 5.48. The zero-order chi connectivity index (χ0) is 13.0. The van der Waals surface area contributed by atoms with E-state index >= 15 is 0 Å². The standard InChI is InChI=1S/C15H17NO2/c1-3-4-5-12-6-8-13(9-7-12)10-14-15(17)18-11(2)16-14/h6-10,16H,2-5H2,1H3. The Labute approximate surface area is 105 Å². The average molecular weight is 243 g/mol. The van der Waals surface area contributed by atoms with Gasteiger partial charge < -0.3 is 9.40 Å². The van der Waals surface area contributed by atoms with Crippen LogP contribution in [0, 0.1) is 0 Å². The predicted molar refractivity (Wildman–Crippen MR) is 72.7 cm³/mol. The van der Waals surface area contributed by atoms with E-state index in [1.54, 1.807) is 6.08 Å². The first-order chi connectivity index (χ1) is 8.69. The second-order valence-electron chi connectivity index (χ2n) is 4.34. The number of rotatable bonds is 4. The quantitative estimate of drug-likeness (QED) is 0.885. The Hall–Kier alpha value is -2.03. The summed E-state index contributed by atoms with van der Waals surface area (Å²) in [6.45, 7) is 5.73. The van der Waals surface area contributed by atoms with Crippen molar-refractivity contribution in [3.63, 3.8) is 0 Å². The van der Waals surface area contributed by atoms with Crippen LogP contribution in [0.3, 0.4) is 0 Å². The maximum absolute atomic E-state index is 11.4. The van der Waals surface area contributed by atoms with Crippen molar-refractivity contribution in [3.05, 3.63) is 56.7 Å². The molecule has 0 amide bonds. The molecule has 0 atom stereocenters. The first-order valence-electron chi connectivity index (χ1n) is 6.18. The number of aryl methyl sites for hydroxylation is 1. The monoisotopic (exact) mass is 243 g/mol. The molecule has 0 fully saturated rings. The second kappa shape index (κ2) is 5.54. The molecule has 0 spiro atoms. The van der Waals surface area contributed by atoms with Gasteiger partial charge in [0.25, 0.3) is 0 Å². The molecule has 0 unspecified atom stereocenters. The summed E-state index contributed by atoms with van der Waals surface area (Å²) < 4.78 is 4.81. The van der Waals surface area contributed by atoms with Gasteiger partial charge in [-0.25, -0.2) is 4.79 Å². The van der Waals surface area contributed by atoms with Crippen LogP contribution in [0.15, 0.2) is 33.5 Å². The molecular weight excluding hydrogens is 226 g/mol. The van der Waals surface area contributed by atoms with Crippen LogP contribution in [0.2, 0.25) is 0 Å². The molecule has 0 saturated carbocycles. The SMILES string of the molecule is C=c1[nH]c(=Cc2ccc(CCCC)cc2)c(=O)o1. The third kappa shape index (κ3) is 3.00. The van der Waals surface area contributed by atoms with Gasteiger partial charge in [0.2, 0.25) is 0 Å².